The summed E-state index contributed by atoms with van der Waals surface area (Å²) in [4.78, 5) is 31.6. The lowest BCUT2D eigenvalue weighted by Crippen LogP contribution is -2.43. The average molecular weight is 597 g/mol. The summed E-state index contributed by atoms with van der Waals surface area (Å²) >= 11 is 6.80. The second-order valence-corrected chi connectivity index (χ2v) is 12.6. The second-order valence-electron chi connectivity index (χ2n) is 12.2. The number of benzene rings is 1. The van der Waals surface area contributed by atoms with E-state index in [4.69, 9.17) is 16.3 Å². The van der Waals surface area contributed by atoms with Crippen LogP contribution in [0.1, 0.15) is 90.9 Å². The highest BCUT2D eigenvalue weighted by Crippen LogP contribution is 2.38. The molecular formula is C29H43BrClN3O3. The molecule has 0 aromatic heterocycles. The maximum absolute atomic E-state index is 13.0. The number of halogens is 2. The van der Waals surface area contributed by atoms with Crippen LogP contribution >= 0.6 is 28.6 Å². The minimum absolute atomic E-state index is 0. The Labute approximate surface area is 238 Å². The molecule has 2 aliphatic rings. The van der Waals surface area contributed by atoms with Gasteiger partial charge in [0.1, 0.15) is 11.6 Å². The predicted molar refractivity (Wildman–Crippen MR) is 157 cm³/mol. The van der Waals surface area contributed by atoms with Gasteiger partial charge in [0.2, 0.25) is 0 Å². The van der Waals surface area contributed by atoms with Crippen molar-refractivity contribution < 1.29 is 14.3 Å². The van der Waals surface area contributed by atoms with E-state index in [1.54, 1.807) is 51.4 Å². The molecular weight excluding hydrogens is 554 g/mol. The van der Waals surface area contributed by atoms with Gasteiger partial charge in [-0.25, -0.2) is 4.99 Å². The summed E-state index contributed by atoms with van der Waals surface area (Å²) in [6.07, 6.45) is 7.16. The first-order valence-corrected chi connectivity index (χ1v) is 13.5. The van der Waals surface area contributed by atoms with Crippen molar-refractivity contribution in [2.45, 2.75) is 92.7 Å². The predicted octanol–water partition coefficient (Wildman–Crippen LogP) is 7.12. The first kappa shape index (κ1) is 31.4. The van der Waals surface area contributed by atoms with E-state index < -0.39 is 5.41 Å². The number of nitrogens with zero attached hydrogens (tertiary/aromatic N) is 2. The molecule has 206 valence electrons. The average Bonchev–Trinajstić information content (AvgIpc) is 2.80. The van der Waals surface area contributed by atoms with Crippen LogP contribution in [0.25, 0.3) is 0 Å². The molecule has 1 saturated carbocycles. The number of nitrogens with one attached hydrogen (secondary N) is 1. The van der Waals surface area contributed by atoms with Gasteiger partial charge in [-0.3, -0.25) is 9.59 Å². The summed E-state index contributed by atoms with van der Waals surface area (Å²) in [5.41, 5.74) is 0.305. The van der Waals surface area contributed by atoms with Crippen molar-refractivity contribution in [1.29, 1.82) is 0 Å². The van der Waals surface area contributed by atoms with Gasteiger partial charge in [-0.1, -0.05) is 39.3 Å². The lowest BCUT2D eigenvalue weighted by Gasteiger charge is -2.38. The maximum Gasteiger partial charge on any atom is 0.316 e. The minimum Gasteiger partial charge on any atom is -0.426 e. The Morgan fingerprint density at radius 2 is 1.65 bits per heavy atom. The molecule has 1 aliphatic carbocycles. The van der Waals surface area contributed by atoms with Crippen LogP contribution in [-0.2, 0) is 4.79 Å². The second kappa shape index (κ2) is 12.8. The number of hydrogen-bond acceptors (Lipinski definition) is 6. The molecule has 0 amide bonds. The first-order valence-electron chi connectivity index (χ1n) is 13.1. The summed E-state index contributed by atoms with van der Waals surface area (Å²) in [7, 11) is 0. The van der Waals surface area contributed by atoms with E-state index in [-0.39, 0.29) is 41.3 Å². The van der Waals surface area contributed by atoms with Gasteiger partial charge in [0.05, 0.1) is 29.4 Å². The number of rotatable bonds is 7. The number of esters is 1. The molecule has 1 fully saturated rings. The zero-order chi connectivity index (χ0) is 26.7. The lowest BCUT2D eigenvalue weighted by atomic mass is 9.71. The zero-order valence-corrected chi connectivity index (χ0v) is 25.7. The quantitative estimate of drug-likeness (QED) is 0.206. The third-order valence-electron chi connectivity index (χ3n) is 7.26. The van der Waals surface area contributed by atoms with Gasteiger partial charge >= 0.3 is 5.97 Å². The number of carbonyl (C=O) groups is 2. The van der Waals surface area contributed by atoms with Crippen molar-refractivity contribution in [2.24, 2.45) is 21.7 Å². The van der Waals surface area contributed by atoms with Gasteiger partial charge in [-0.15, -0.1) is 17.0 Å². The normalized spacial score (nSPS) is 22.4. The summed E-state index contributed by atoms with van der Waals surface area (Å²) < 4.78 is 5.40. The van der Waals surface area contributed by atoms with Crippen molar-refractivity contribution in [3.63, 3.8) is 0 Å². The fourth-order valence-corrected chi connectivity index (χ4v) is 5.15. The molecule has 0 saturated heterocycles. The van der Waals surface area contributed by atoms with Gasteiger partial charge < -0.3 is 15.0 Å². The van der Waals surface area contributed by atoms with Crippen molar-refractivity contribution in [2.75, 3.05) is 6.54 Å². The summed E-state index contributed by atoms with van der Waals surface area (Å²) in [5.74, 6) is 1.55. The molecule has 8 heteroatoms. The molecule has 1 aromatic carbocycles. The third-order valence-corrected chi connectivity index (χ3v) is 7.69. The molecule has 0 bridgehead atoms. The highest BCUT2D eigenvalue weighted by Gasteiger charge is 2.32. The zero-order valence-electron chi connectivity index (χ0n) is 23.3. The number of Topliss-reactive ketones (excluding diaryl/α,β-unsaturated/α-hetero) is 1. The Kier molecular flexibility index (Phi) is 10.8. The summed E-state index contributed by atoms with van der Waals surface area (Å²) in [5, 5.41) is 4.24. The third kappa shape index (κ3) is 8.31. The number of carbonyl (C=O) groups excluding carboxylic acids is 2. The fraction of sp³-hybridized carbons (Fsp3) is 0.621. The van der Waals surface area contributed by atoms with E-state index in [0.717, 1.165) is 31.0 Å². The van der Waals surface area contributed by atoms with E-state index in [9.17, 15) is 9.59 Å². The van der Waals surface area contributed by atoms with Crippen LogP contribution in [0.2, 0.25) is 0 Å². The van der Waals surface area contributed by atoms with E-state index in [0.29, 0.717) is 27.8 Å². The summed E-state index contributed by atoms with van der Waals surface area (Å²) in [6.45, 7) is 14.6. The Balaban J connectivity index is 0.00000481. The van der Waals surface area contributed by atoms with Gasteiger partial charge in [-0.05, 0) is 88.5 Å². The molecule has 37 heavy (non-hydrogen) atoms. The minimum atomic E-state index is -0.594. The Morgan fingerprint density at radius 1 is 1.05 bits per heavy atom. The van der Waals surface area contributed by atoms with Crippen LogP contribution in [0.3, 0.4) is 0 Å². The number of ether oxygens (including phenoxy) is 1. The topological polar surface area (TPSA) is 71.0 Å². The first-order chi connectivity index (χ1) is 16.8. The van der Waals surface area contributed by atoms with Crippen molar-refractivity contribution in [1.82, 2.24) is 10.2 Å². The SMILES string of the molecule is Br.CCC1C(Cl)=C(N[C@H]2CC[C@@H](C(C)(C)C)CC2)N=CN1CC(=O)c1ccc(OC(=O)C(C)(C)C)cc1. The van der Waals surface area contributed by atoms with E-state index in [2.05, 4.69) is 38.0 Å². The maximum atomic E-state index is 13.0. The summed E-state index contributed by atoms with van der Waals surface area (Å²) in [6, 6.07) is 6.96. The van der Waals surface area contributed by atoms with Crippen LogP contribution in [-0.4, -0.2) is 41.6 Å². The van der Waals surface area contributed by atoms with Crippen LogP contribution in [0.4, 0.5) is 0 Å². The number of hydrogen-bond donors (Lipinski definition) is 1. The van der Waals surface area contributed by atoms with Gasteiger partial charge in [0.25, 0.3) is 0 Å². The van der Waals surface area contributed by atoms with Crippen LogP contribution < -0.4 is 10.1 Å². The molecule has 1 aliphatic heterocycles. The Bertz CT molecular complexity index is 1000. The van der Waals surface area contributed by atoms with Crippen molar-refractivity contribution in [3.8, 4) is 5.75 Å². The van der Waals surface area contributed by atoms with Crippen molar-refractivity contribution >= 4 is 46.7 Å². The van der Waals surface area contributed by atoms with Crippen LogP contribution in [0, 0.1) is 16.7 Å². The van der Waals surface area contributed by atoms with E-state index in [1.807, 2.05) is 4.90 Å². The molecule has 1 N–H and O–H groups in total. The molecule has 0 radical (unpaired) electrons. The largest absolute Gasteiger partial charge is 0.426 e. The number of aliphatic imine (C=N–C) groups is 1. The van der Waals surface area contributed by atoms with Gasteiger partial charge in [0.15, 0.2) is 5.78 Å². The number of ketones is 1. The monoisotopic (exact) mass is 595 g/mol. The molecule has 3 rings (SSSR count). The lowest BCUT2D eigenvalue weighted by molar-refractivity contribution is -0.143. The molecule has 6 nitrogen and oxygen atoms in total. The standard InChI is InChI=1S/C29H42ClN3O3.BrH/c1-8-23-25(30)26(32-21-13-11-20(12-14-21)28(2,3)4)31-18-33(23)17-24(34)19-9-15-22(16-10-19)36-27(35)29(5,6)7;/h9-10,15-16,18,20-21,23,32H,8,11-14,17H2,1-7H3;1H/t20-,21+,23?;. The van der Waals surface area contributed by atoms with Gasteiger partial charge in [0, 0.05) is 11.6 Å². The molecule has 1 heterocycles. The highest BCUT2D eigenvalue weighted by molar-refractivity contribution is 8.93. The van der Waals surface area contributed by atoms with Crippen LogP contribution in [0.15, 0.2) is 40.1 Å². The molecule has 1 unspecified atom stereocenters. The van der Waals surface area contributed by atoms with Gasteiger partial charge in [-0.2, -0.15) is 0 Å². The van der Waals surface area contributed by atoms with E-state index in [1.165, 1.54) is 12.8 Å². The Hall–Kier alpha value is -1.86. The van der Waals surface area contributed by atoms with Crippen LogP contribution in [0.5, 0.6) is 5.75 Å². The molecule has 0 spiro atoms. The van der Waals surface area contributed by atoms with Crippen molar-refractivity contribution in [3.05, 3.63) is 40.7 Å². The Morgan fingerprint density at radius 3 is 2.16 bits per heavy atom. The highest BCUT2D eigenvalue weighted by atomic mass is 79.9. The smallest absolute Gasteiger partial charge is 0.316 e. The van der Waals surface area contributed by atoms with E-state index >= 15 is 0 Å². The molecule has 1 atom stereocenters. The molecule has 1 aromatic rings. The fourth-order valence-electron chi connectivity index (χ4n) is 4.77.